The number of likely N-dealkylation sites (tertiary alicyclic amines) is 1. The molecular formula is C9H15N3O2. The van der Waals surface area contributed by atoms with Crippen LogP contribution in [0.25, 0.3) is 0 Å². The summed E-state index contributed by atoms with van der Waals surface area (Å²) >= 11 is 0. The predicted octanol–water partition coefficient (Wildman–Crippen LogP) is 0.335. The molecular weight excluding hydrogens is 182 g/mol. The first kappa shape index (κ1) is 9.61. The zero-order chi connectivity index (χ0) is 9.97. The highest BCUT2D eigenvalue weighted by Crippen LogP contribution is 2.12. The van der Waals surface area contributed by atoms with Crippen LogP contribution in [0.1, 0.15) is 24.6 Å². The Kier molecular flexibility index (Phi) is 2.79. The number of aliphatic hydroxyl groups is 1. The number of hydrogen-bond donors (Lipinski definition) is 1. The maximum Gasteiger partial charge on any atom is 0.240 e. The maximum atomic E-state index is 9.45. The van der Waals surface area contributed by atoms with Gasteiger partial charge in [0, 0.05) is 6.54 Å². The Morgan fingerprint density at radius 3 is 3.14 bits per heavy atom. The average molecular weight is 197 g/mol. The van der Waals surface area contributed by atoms with Crippen molar-refractivity contribution in [3.63, 3.8) is 0 Å². The fourth-order valence-electron chi connectivity index (χ4n) is 1.77. The summed E-state index contributed by atoms with van der Waals surface area (Å²) in [7, 11) is 0. The van der Waals surface area contributed by atoms with Crippen LogP contribution in [0.2, 0.25) is 0 Å². The number of aryl methyl sites for hydroxylation is 1. The molecule has 78 valence electrons. The van der Waals surface area contributed by atoms with E-state index in [1.165, 1.54) is 0 Å². The van der Waals surface area contributed by atoms with Gasteiger partial charge in [-0.15, -0.1) is 0 Å². The summed E-state index contributed by atoms with van der Waals surface area (Å²) in [6.45, 7) is 4.16. The molecule has 1 saturated heterocycles. The maximum absolute atomic E-state index is 9.45. The second-order valence-electron chi connectivity index (χ2n) is 3.77. The minimum atomic E-state index is -0.201. The van der Waals surface area contributed by atoms with Crippen LogP contribution in [0, 0.1) is 6.92 Å². The number of β-amino-alcohol motifs (C(OH)–C–C–N with tert-alkyl or cyclic N) is 1. The topological polar surface area (TPSA) is 62.4 Å². The molecule has 1 aromatic heterocycles. The molecule has 1 aliphatic heterocycles. The Morgan fingerprint density at radius 1 is 1.64 bits per heavy atom. The van der Waals surface area contributed by atoms with Gasteiger partial charge in [0.15, 0.2) is 5.82 Å². The molecule has 1 unspecified atom stereocenters. The van der Waals surface area contributed by atoms with E-state index in [2.05, 4.69) is 15.0 Å². The lowest BCUT2D eigenvalue weighted by Crippen LogP contribution is -2.37. The van der Waals surface area contributed by atoms with Gasteiger partial charge in [-0.2, -0.15) is 4.98 Å². The van der Waals surface area contributed by atoms with E-state index in [-0.39, 0.29) is 6.10 Å². The first-order chi connectivity index (χ1) is 6.74. The molecule has 0 radical (unpaired) electrons. The highest BCUT2D eigenvalue weighted by molar-refractivity contribution is 4.84. The fourth-order valence-corrected chi connectivity index (χ4v) is 1.77. The molecule has 0 bridgehead atoms. The van der Waals surface area contributed by atoms with Crippen LogP contribution in [0.4, 0.5) is 0 Å². The Balaban J connectivity index is 1.90. The lowest BCUT2D eigenvalue weighted by Gasteiger charge is -2.28. The van der Waals surface area contributed by atoms with Gasteiger partial charge in [0.25, 0.3) is 0 Å². The molecule has 5 heteroatoms. The van der Waals surface area contributed by atoms with Crippen LogP contribution in [0.15, 0.2) is 4.52 Å². The summed E-state index contributed by atoms with van der Waals surface area (Å²) < 4.78 is 5.02. The van der Waals surface area contributed by atoms with E-state index in [9.17, 15) is 5.11 Å². The molecule has 5 nitrogen and oxygen atoms in total. The van der Waals surface area contributed by atoms with Crippen molar-refractivity contribution in [1.82, 2.24) is 15.0 Å². The second-order valence-corrected chi connectivity index (χ2v) is 3.77. The number of rotatable bonds is 2. The van der Waals surface area contributed by atoms with Crippen molar-refractivity contribution in [2.24, 2.45) is 0 Å². The minimum absolute atomic E-state index is 0.201. The van der Waals surface area contributed by atoms with Gasteiger partial charge in [-0.05, 0) is 26.3 Å². The molecule has 14 heavy (non-hydrogen) atoms. The number of nitrogens with zero attached hydrogens (tertiary/aromatic N) is 3. The van der Waals surface area contributed by atoms with E-state index in [4.69, 9.17) is 4.52 Å². The standard InChI is InChI=1S/C9H15N3O2/c1-7-10-9(14-11-7)6-12-4-2-3-8(13)5-12/h8,13H,2-6H2,1H3. The summed E-state index contributed by atoms with van der Waals surface area (Å²) in [6.07, 6.45) is 1.74. The molecule has 1 aromatic rings. The molecule has 1 atom stereocenters. The third kappa shape index (κ3) is 2.30. The van der Waals surface area contributed by atoms with Crippen LogP contribution in [-0.2, 0) is 6.54 Å². The number of piperidine rings is 1. The summed E-state index contributed by atoms with van der Waals surface area (Å²) in [5.74, 6) is 1.30. The van der Waals surface area contributed by atoms with E-state index in [1.54, 1.807) is 6.92 Å². The molecule has 1 fully saturated rings. The largest absolute Gasteiger partial charge is 0.392 e. The highest BCUT2D eigenvalue weighted by atomic mass is 16.5. The molecule has 1 N–H and O–H groups in total. The third-order valence-electron chi connectivity index (χ3n) is 2.41. The van der Waals surface area contributed by atoms with Gasteiger partial charge in [-0.3, -0.25) is 4.90 Å². The van der Waals surface area contributed by atoms with Crippen molar-refractivity contribution >= 4 is 0 Å². The van der Waals surface area contributed by atoms with E-state index in [1.807, 2.05) is 0 Å². The number of aromatic nitrogens is 2. The van der Waals surface area contributed by atoms with E-state index in [0.717, 1.165) is 19.4 Å². The van der Waals surface area contributed by atoms with Crippen molar-refractivity contribution in [2.45, 2.75) is 32.4 Å². The van der Waals surface area contributed by atoms with E-state index < -0.39 is 0 Å². The second kappa shape index (κ2) is 4.06. The average Bonchev–Trinajstić information content (AvgIpc) is 2.51. The molecule has 0 saturated carbocycles. The molecule has 0 aromatic carbocycles. The zero-order valence-electron chi connectivity index (χ0n) is 8.31. The zero-order valence-corrected chi connectivity index (χ0v) is 8.31. The van der Waals surface area contributed by atoms with Crippen molar-refractivity contribution in [2.75, 3.05) is 13.1 Å². The Bertz CT molecular complexity index is 300. The van der Waals surface area contributed by atoms with Gasteiger partial charge in [-0.25, -0.2) is 0 Å². The normalized spacial score (nSPS) is 24.0. The molecule has 0 spiro atoms. The smallest absolute Gasteiger partial charge is 0.240 e. The van der Waals surface area contributed by atoms with Crippen LogP contribution in [0.3, 0.4) is 0 Å². The van der Waals surface area contributed by atoms with Gasteiger partial charge in [0.05, 0.1) is 12.6 Å². The van der Waals surface area contributed by atoms with Gasteiger partial charge in [0.2, 0.25) is 5.89 Å². The third-order valence-corrected chi connectivity index (χ3v) is 2.41. The molecule has 0 amide bonds. The first-order valence-corrected chi connectivity index (χ1v) is 4.93. The summed E-state index contributed by atoms with van der Waals surface area (Å²) in [5.41, 5.74) is 0. The minimum Gasteiger partial charge on any atom is -0.392 e. The fraction of sp³-hybridized carbons (Fsp3) is 0.778. The monoisotopic (exact) mass is 197 g/mol. The van der Waals surface area contributed by atoms with E-state index in [0.29, 0.717) is 24.8 Å². The molecule has 1 aliphatic rings. The highest BCUT2D eigenvalue weighted by Gasteiger charge is 2.19. The van der Waals surface area contributed by atoms with E-state index >= 15 is 0 Å². The van der Waals surface area contributed by atoms with Crippen molar-refractivity contribution in [1.29, 1.82) is 0 Å². The van der Waals surface area contributed by atoms with Gasteiger partial charge in [0.1, 0.15) is 0 Å². The number of aliphatic hydroxyl groups excluding tert-OH is 1. The lowest BCUT2D eigenvalue weighted by molar-refractivity contribution is 0.0613. The van der Waals surface area contributed by atoms with Gasteiger partial charge < -0.3 is 9.63 Å². The summed E-state index contributed by atoms with van der Waals surface area (Å²) in [6, 6.07) is 0. The van der Waals surface area contributed by atoms with Crippen LogP contribution in [0.5, 0.6) is 0 Å². The molecule has 2 heterocycles. The Labute approximate surface area is 82.7 Å². The lowest BCUT2D eigenvalue weighted by atomic mass is 10.1. The first-order valence-electron chi connectivity index (χ1n) is 4.93. The SMILES string of the molecule is Cc1noc(CN2CCCC(O)C2)n1. The van der Waals surface area contributed by atoms with Crippen LogP contribution in [-0.4, -0.2) is 39.3 Å². The van der Waals surface area contributed by atoms with Crippen LogP contribution >= 0.6 is 0 Å². The Morgan fingerprint density at radius 2 is 2.50 bits per heavy atom. The Hall–Kier alpha value is -0.940. The van der Waals surface area contributed by atoms with Gasteiger partial charge >= 0.3 is 0 Å². The predicted molar refractivity (Wildman–Crippen MR) is 49.6 cm³/mol. The summed E-state index contributed by atoms with van der Waals surface area (Å²) in [5, 5.41) is 13.2. The van der Waals surface area contributed by atoms with Gasteiger partial charge in [-0.1, -0.05) is 5.16 Å². The number of hydrogen-bond acceptors (Lipinski definition) is 5. The molecule has 2 rings (SSSR count). The summed E-state index contributed by atoms with van der Waals surface area (Å²) in [4.78, 5) is 6.27. The quantitative estimate of drug-likeness (QED) is 0.740. The van der Waals surface area contributed by atoms with Crippen molar-refractivity contribution < 1.29 is 9.63 Å². The van der Waals surface area contributed by atoms with Crippen molar-refractivity contribution in [3.05, 3.63) is 11.7 Å². The van der Waals surface area contributed by atoms with Crippen LogP contribution < -0.4 is 0 Å². The van der Waals surface area contributed by atoms with Crippen molar-refractivity contribution in [3.8, 4) is 0 Å². The molecule has 0 aliphatic carbocycles.